The number of nitrogens with two attached hydrogens (primary N) is 1. The highest BCUT2D eigenvalue weighted by Gasteiger charge is 1.98. The van der Waals surface area contributed by atoms with Crippen molar-refractivity contribution in [2.75, 3.05) is 38.2 Å². The molecule has 3 nitrogen and oxygen atoms in total. The predicted octanol–water partition coefficient (Wildman–Crippen LogP) is 2.39. The number of nitrogen functional groups attached to an aromatic ring is 1. The van der Waals surface area contributed by atoms with Crippen LogP contribution < -0.4 is 11.1 Å². The largest absolute Gasteiger partial charge is 0.397 e. The van der Waals surface area contributed by atoms with Crippen molar-refractivity contribution in [3.8, 4) is 0 Å². The monoisotopic (exact) mass is 271 g/mol. The molecular formula is C11H18BrN3. The van der Waals surface area contributed by atoms with Crippen molar-refractivity contribution >= 4 is 27.3 Å². The Labute approximate surface area is 99.8 Å². The van der Waals surface area contributed by atoms with Crippen LogP contribution in [0.2, 0.25) is 0 Å². The number of halogens is 1. The van der Waals surface area contributed by atoms with Crippen LogP contribution in [-0.4, -0.2) is 32.1 Å². The highest BCUT2D eigenvalue weighted by Crippen LogP contribution is 2.22. The van der Waals surface area contributed by atoms with Gasteiger partial charge in [0.15, 0.2) is 0 Å². The molecule has 0 aliphatic carbocycles. The number of benzene rings is 1. The summed E-state index contributed by atoms with van der Waals surface area (Å²) in [6.07, 6.45) is 1.11. The second kappa shape index (κ2) is 5.98. The molecule has 0 aromatic heterocycles. The average Bonchev–Trinajstić information content (AvgIpc) is 2.17. The maximum atomic E-state index is 5.84. The number of nitrogens with one attached hydrogen (secondary N) is 1. The van der Waals surface area contributed by atoms with Gasteiger partial charge in [0.05, 0.1) is 11.4 Å². The Morgan fingerprint density at radius 2 is 2.13 bits per heavy atom. The summed E-state index contributed by atoms with van der Waals surface area (Å²) < 4.78 is 1.05. The summed E-state index contributed by atoms with van der Waals surface area (Å²) in [6.45, 7) is 2.03. The molecule has 0 fully saturated rings. The molecule has 0 bridgehead atoms. The molecule has 1 rings (SSSR count). The first-order chi connectivity index (χ1) is 7.09. The van der Waals surface area contributed by atoms with Crippen LogP contribution in [0.25, 0.3) is 0 Å². The van der Waals surface area contributed by atoms with Gasteiger partial charge in [-0.15, -0.1) is 0 Å². The van der Waals surface area contributed by atoms with Crippen LogP contribution in [0.3, 0.4) is 0 Å². The van der Waals surface area contributed by atoms with Crippen LogP contribution in [-0.2, 0) is 0 Å². The Morgan fingerprint density at radius 3 is 2.80 bits per heavy atom. The van der Waals surface area contributed by atoms with E-state index in [1.165, 1.54) is 0 Å². The van der Waals surface area contributed by atoms with Crippen molar-refractivity contribution in [3.63, 3.8) is 0 Å². The van der Waals surface area contributed by atoms with Gasteiger partial charge in [0.1, 0.15) is 0 Å². The number of nitrogens with zero attached hydrogens (tertiary/aromatic N) is 1. The van der Waals surface area contributed by atoms with Crippen molar-refractivity contribution in [3.05, 3.63) is 22.7 Å². The van der Waals surface area contributed by atoms with Gasteiger partial charge in [0.25, 0.3) is 0 Å². The van der Waals surface area contributed by atoms with Gasteiger partial charge in [0.2, 0.25) is 0 Å². The van der Waals surface area contributed by atoms with Gasteiger partial charge in [-0.2, -0.15) is 0 Å². The van der Waals surface area contributed by atoms with Crippen LogP contribution in [0.5, 0.6) is 0 Å². The van der Waals surface area contributed by atoms with Gasteiger partial charge < -0.3 is 16.0 Å². The fraction of sp³-hybridized carbons (Fsp3) is 0.455. The Hall–Kier alpha value is -0.740. The molecule has 15 heavy (non-hydrogen) atoms. The Bertz CT molecular complexity index is 313. The van der Waals surface area contributed by atoms with E-state index in [4.69, 9.17) is 5.73 Å². The lowest BCUT2D eigenvalue weighted by Gasteiger charge is -2.12. The van der Waals surface area contributed by atoms with E-state index in [0.717, 1.165) is 35.4 Å². The Morgan fingerprint density at radius 1 is 1.40 bits per heavy atom. The number of hydrogen-bond donors (Lipinski definition) is 2. The van der Waals surface area contributed by atoms with Crippen molar-refractivity contribution < 1.29 is 0 Å². The molecule has 0 atom stereocenters. The minimum absolute atomic E-state index is 0.794. The lowest BCUT2D eigenvalue weighted by Crippen LogP contribution is -2.16. The molecule has 1 aromatic carbocycles. The highest BCUT2D eigenvalue weighted by atomic mass is 79.9. The summed E-state index contributed by atoms with van der Waals surface area (Å²) in [4.78, 5) is 2.17. The van der Waals surface area contributed by atoms with Crippen molar-refractivity contribution in [1.29, 1.82) is 0 Å². The Balaban J connectivity index is 2.40. The standard InChI is InChI=1S/C11H18BrN3/c1-15(2)7-3-6-14-11-8-9(12)4-5-10(11)13/h4-5,8,14H,3,6-7,13H2,1-2H3. The second-order valence-electron chi connectivity index (χ2n) is 3.82. The van der Waals surface area contributed by atoms with E-state index in [9.17, 15) is 0 Å². The van der Waals surface area contributed by atoms with Gasteiger partial charge in [-0.05, 0) is 45.3 Å². The van der Waals surface area contributed by atoms with E-state index in [-0.39, 0.29) is 0 Å². The molecule has 0 saturated heterocycles. The lowest BCUT2D eigenvalue weighted by molar-refractivity contribution is 0.405. The molecule has 84 valence electrons. The summed E-state index contributed by atoms with van der Waals surface area (Å²) in [7, 11) is 4.15. The van der Waals surface area contributed by atoms with Crippen molar-refractivity contribution in [2.45, 2.75) is 6.42 Å². The third-order valence-electron chi connectivity index (χ3n) is 2.11. The SMILES string of the molecule is CN(C)CCCNc1cc(Br)ccc1N. The minimum Gasteiger partial charge on any atom is -0.397 e. The first-order valence-electron chi connectivity index (χ1n) is 5.03. The summed E-state index contributed by atoms with van der Waals surface area (Å²) in [6, 6.07) is 5.85. The van der Waals surface area contributed by atoms with Gasteiger partial charge in [0, 0.05) is 11.0 Å². The molecule has 0 spiro atoms. The van der Waals surface area contributed by atoms with Crippen molar-refractivity contribution in [2.24, 2.45) is 0 Å². The molecule has 4 heteroatoms. The zero-order chi connectivity index (χ0) is 11.3. The van der Waals surface area contributed by atoms with Crippen LogP contribution in [0.1, 0.15) is 6.42 Å². The topological polar surface area (TPSA) is 41.3 Å². The molecule has 0 saturated carbocycles. The van der Waals surface area contributed by atoms with Gasteiger partial charge >= 0.3 is 0 Å². The Kier molecular flexibility index (Phi) is 4.91. The number of rotatable bonds is 5. The zero-order valence-electron chi connectivity index (χ0n) is 9.26. The lowest BCUT2D eigenvalue weighted by atomic mass is 10.2. The third kappa shape index (κ3) is 4.53. The molecule has 3 N–H and O–H groups in total. The van der Waals surface area contributed by atoms with Crippen LogP contribution in [0.4, 0.5) is 11.4 Å². The summed E-state index contributed by atoms with van der Waals surface area (Å²) in [5.41, 5.74) is 7.64. The normalized spacial score (nSPS) is 10.7. The van der Waals surface area contributed by atoms with E-state index in [0.29, 0.717) is 0 Å². The predicted molar refractivity (Wildman–Crippen MR) is 70.2 cm³/mol. The smallest absolute Gasteiger partial charge is 0.0585 e. The quantitative estimate of drug-likeness (QED) is 0.639. The van der Waals surface area contributed by atoms with E-state index < -0.39 is 0 Å². The summed E-state index contributed by atoms with van der Waals surface area (Å²) in [5.74, 6) is 0. The molecule has 0 amide bonds. The average molecular weight is 272 g/mol. The van der Waals surface area contributed by atoms with E-state index in [1.54, 1.807) is 0 Å². The van der Waals surface area contributed by atoms with E-state index in [1.807, 2.05) is 18.2 Å². The molecule has 0 aliphatic rings. The summed E-state index contributed by atoms with van der Waals surface area (Å²) in [5, 5.41) is 3.33. The number of hydrogen-bond acceptors (Lipinski definition) is 3. The van der Waals surface area contributed by atoms with Gasteiger partial charge in [-0.25, -0.2) is 0 Å². The highest BCUT2D eigenvalue weighted by molar-refractivity contribution is 9.10. The minimum atomic E-state index is 0.794. The van der Waals surface area contributed by atoms with Gasteiger partial charge in [-0.1, -0.05) is 15.9 Å². The maximum Gasteiger partial charge on any atom is 0.0585 e. The van der Waals surface area contributed by atoms with Gasteiger partial charge in [-0.3, -0.25) is 0 Å². The molecule has 0 unspecified atom stereocenters. The fourth-order valence-electron chi connectivity index (χ4n) is 1.30. The van der Waals surface area contributed by atoms with Crippen LogP contribution in [0, 0.1) is 0 Å². The van der Waals surface area contributed by atoms with Crippen LogP contribution >= 0.6 is 15.9 Å². The van der Waals surface area contributed by atoms with E-state index in [2.05, 4.69) is 40.2 Å². The molecular weight excluding hydrogens is 254 g/mol. The third-order valence-corrected chi connectivity index (χ3v) is 2.61. The molecule has 1 aromatic rings. The number of anilines is 2. The van der Waals surface area contributed by atoms with Crippen molar-refractivity contribution in [1.82, 2.24) is 4.90 Å². The van der Waals surface area contributed by atoms with E-state index >= 15 is 0 Å². The summed E-state index contributed by atoms with van der Waals surface area (Å²) >= 11 is 3.42. The molecule has 0 radical (unpaired) electrons. The fourth-order valence-corrected chi connectivity index (χ4v) is 1.66. The molecule has 0 heterocycles. The second-order valence-corrected chi connectivity index (χ2v) is 4.73. The first-order valence-corrected chi connectivity index (χ1v) is 5.82. The van der Waals surface area contributed by atoms with Crippen LogP contribution in [0.15, 0.2) is 22.7 Å². The zero-order valence-corrected chi connectivity index (χ0v) is 10.8. The first kappa shape index (κ1) is 12.3. The maximum absolute atomic E-state index is 5.84. The molecule has 0 aliphatic heterocycles.